The normalized spacial score (nSPS) is 15.6. The highest BCUT2D eigenvalue weighted by Gasteiger charge is 2.30. The Bertz CT molecular complexity index is 1280. The number of rotatable bonds is 6. The fourth-order valence-corrected chi connectivity index (χ4v) is 5.49. The first-order valence-electron chi connectivity index (χ1n) is 11.4. The molecule has 1 saturated heterocycles. The quantitative estimate of drug-likeness (QED) is 0.567. The Morgan fingerprint density at radius 3 is 2.29 bits per heavy atom. The number of carbonyl (C=O) groups excluding carboxylic acids is 1. The Balaban J connectivity index is 1.40. The number of aromatic nitrogens is 2. The molecule has 1 aliphatic heterocycles. The largest absolute Gasteiger partial charge is 0.310 e. The highest BCUT2D eigenvalue weighted by atomic mass is 32.2. The Kier molecular flexibility index (Phi) is 7.00. The molecule has 0 spiro atoms. The second kappa shape index (κ2) is 9.95. The second-order valence-electron chi connectivity index (χ2n) is 8.85. The number of anilines is 1. The minimum Gasteiger partial charge on any atom is -0.310 e. The van der Waals surface area contributed by atoms with Gasteiger partial charge in [0.05, 0.1) is 11.4 Å². The standard InChI is InChI=1S/C26H30N4O3S/c1-19-15-20(2)17-24(16-19)30-25(18-21(3)28-30)27-26(31)23-9-12-29(13-10-23)34(32,33)14-11-22-7-5-4-6-8-22/h4-8,11,14-18,23H,9-10,12-13H2,1-3H3,(H,27,31)/b14-11+. The van der Waals surface area contributed by atoms with E-state index in [-0.39, 0.29) is 11.8 Å². The first-order chi connectivity index (χ1) is 16.2. The third kappa shape index (κ3) is 5.63. The van der Waals surface area contributed by atoms with Crippen molar-refractivity contribution < 1.29 is 13.2 Å². The summed E-state index contributed by atoms with van der Waals surface area (Å²) in [5, 5.41) is 8.82. The Morgan fingerprint density at radius 1 is 1.00 bits per heavy atom. The molecule has 0 aliphatic carbocycles. The molecule has 0 bridgehead atoms. The number of hydrogen-bond acceptors (Lipinski definition) is 4. The third-order valence-electron chi connectivity index (χ3n) is 5.95. The molecule has 1 aromatic heterocycles. The van der Waals surface area contributed by atoms with Crippen LogP contribution in [-0.2, 0) is 14.8 Å². The average Bonchev–Trinajstić information content (AvgIpc) is 3.18. The average molecular weight is 479 g/mol. The number of aryl methyl sites for hydroxylation is 3. The molecule has 0 radical (unpaired) electrons. The van der Waals surface area contributed by atoms with Crippen LogP contribution in [0.4, 0.5) is 5.82 Å². The summed E-state index contributed by atoms with van der Waals surface area (Å²) < 4.78 is 28.6. The first-order valence-corrected chi connectivity index (χ1v) is 12.9. The van der Waals surface area contributed by atoms with Crippen LogP contribution < -0.4 is 5.32 Å². The summed E-state index contributed by atoms with van der Waals surface area (Å²) in [6.45, 7) is 6.58. The lowest BCUT2D eigenvalue weighted by molar-refractivity contribution is -0.120. The molecule has 1 aliphatic rings. The molecule has 2 aromatic carbocycles. The summed E-state index contributed by atoms with van der Waals surface area (Å²) in [5.74, 6) is 0.253. The van der Waals surface area contributed by atoms with Crippen LogP contribution in [0, 0.1) is 26.7 Å². The Labute approximate surface area is 201 Å². The smallest absolute Gasteiger partial charge is 0.236 e. The van der Waals surface area contributed by atoms with Gasteiger partial charge >= 0.3 is 0 Å². The van der Waals surface area contributed by atoms with Gasteiger partial charge in [-0.05, 0) is 68.5 Å². The molecule has 7 nitrogen and oxygen atoms in total. The van der Waals surface area contributed by atoms with Crippen LogP contribution in [-0.4, -0.2) is 41.5 Å². The Hall–Kier alpha value is -3.23. The van der Waals surface area contributed by atoms with Crippen molar-refractivity contribution in [2.75, 3.05) is 18.4 Å². The van der Waals surface area contributed by atoms with E-state index < -0.39 is 10.0 Å². The van der Waals surface area contributed by atoms with Gasteiger partial charge in [0.25, 0.3) is 0 Å². The van der Waals surface area contributed by atoms with E-state index in [9.17, 15) is 13.2 Å². The van der Waals surface area contributed by atoms with Crippen LogP contribution in [0.15, 0.2) is 60.0 Å². The highest BCUT2D eigenvalue weighted by Crippen LogP contribution is 2.24. The van der Waals surface area contributed by atoms with E-state index in [1.54, 1.807) is 10.8 Å². The van der Waals surface area contributed by atoms with Crippen molar-refractivity contribution in [3.63, 3.8) is 0 Å². The summed E-state index contributed by atoms with van der Waals surface area (Å²) in [7, 11) is -3.53. The molecular weight excluding hydrogens is 448 g/mol. The summed E-state index contributed by atoms with van der Waals surface area (Å²) in [5.41, 5.74) is 4.77. The Morgan fingerprint density at radius 2 is 1.65 bits per heavy atom. The number of carbonyl (C=O) groups is 1. The predicted octanol–water partition coefficient (Wildman–Crippen LogP) is 4.45. The third-order valence-corrected chi connectivity index (χ3v) is 7.52. The molecular formula is C26H30N4O3S. The van der Waals surface area contributed by atoms with Crippen LogP contribution in [0.1, 0.15) is 35.2 Å². The predicted molar refractivity (Wildman–Crippen MR) is 135 cm³/mol. The SMILES string of the molecule is Cc1cc(C)cc(-n2nc(C)cc2NC(=O)C2CCN(S(=O)(=O)/C=C/c3ccccc3)CC2)c1. The number of nitrogens with one attached hydrogen (secondary N) is 1. The van der Waals surface area contributed by atoms with Gasteiger partial charge in [-0.15, -0.1) is 0 Å². The van der Waals surface area contributed by atoms with E-state index in [2.05, 4.69) is 16.5 Å². The molecule has 8 heteroatoms. The van der Waals surface area contributed by atoms with Gasteiger partial charge in [0.15, 0.2) is 0 Å². The van der Waals surface area contributed by atoms with Crippen molar-refractivity contribution in [1.29, 1.82) is 0 Å². The maximum Gasteiger partial charge on any atom is 0.236 e. The van der Waals surface area contributed by atoms with Gasteiger partial charge in [-0.3, -0.25) is 4.79 Å². The molecule has 34 heavy (non-hydrogen) atoms. The summed E-state index contributed by atoms with van der Waals surface area (Å²) >= 11 is 0. The molecule has 0 saturated carbocycles. The zero-order chi connectivity index (χ0) is 24.3. The van der Waals surface area contributed by atoms with Gasteiger partial charge in [0.1, 0.15) is 5.82 Å². The van der Waals surface area contributed by atoms with E-state index >= 15 is 0 Å². The van der Waals surface area contributed by atoms with Crippen LogP contribution >= 0.6 is 0 Å². The van der Waals surface area contributed by atoms with Gasteiger partial charge in [0, 0.05) is 30.5 Å². The van der Waals surface area contributed by atoms with Crippen LogP contribution in [0.5, 0.6) is 0 Å². The highest BCUT2D eigenvalue weighted by molar-refractivity contribution is 7.92. The lowest BCUT2D eigenvalue weighted by Gasteiger charge is -2.29. The van der Waals surface area contributed by atoms with E-state index in [1.807, 2.05) is 69.3 Å². The van der Waals surface area contributed by atoms with Gasteiger partial charge < -0.3 is 5.32 Å². The molecule has 0 atom stereocenters. The minimum atomic E-state index is -3.53. The molecule has 1 fully saturated rings. The maximum atomic E-state index is 13.0. The second-order valence-corrected chi connectivity index (χ2v) is 10.7. The molecule has 4 rings (SSSR count). The summed E-state index contributed by atoms with van der Waals surface area (Å²) in [6, 6.07) is 17.3. The summed E-state index contributed by atoms with van der Waals surface area (Å²) in [6.07, 6.45) is 2.55. The molecule has 3 aromatic rings. The topological polar surface area (TPSA) is 84.3 Å². The van der Waals surface area contributed by atoms with E-state index in [0.29, 0.717) is 31.7 Å². The number of hydrogen-bond donors (Lipinski definition) is 1. The number of nitrogens with zero attached hydrogens (tertiary/aromatic N) is 3. The zero-order valence-electron chi connectivity index (χ0n) is 19.7. The number of sulfonamides is 1. The number of amides is 1. The lowest BCUT2D eigenvalue weighted by atomic mass is 9.97. The van der Waals surface area contributed by atoms with Crippen molar-refractivity contribution in [3.05, 3.63) is 82.4 Å². The van der Waals surface area contributed by atoms with Crippen molar-refractivity contribution >= 4 is 27.8 Å². The van der Waals surface area contributed by atoms with E-state index in [1.165, 1.54) is 9.71 Å². The number of piperidine rings is 1. The van der Waals surface area contributed by atoms with Crippen LogP contribution in [0.2, 0.25) is 0 Å². The fourth-order valence-electron chi connectivity index (χ4n) is 4.27. The number of benzene rings is 2. The van der Waals surface area contributed by atoms with Gasteiger partial charge in [0.2, 0.25) is 15.9 Å². The van der Waals surface area contributed by atoms with Crippen molar-refractivity contribution in [3.8, 4) is 5.69 Å². The molecule has 2 heterocycles. The van der Waals surface area contributed by atoms with Crippen LogP contribution in [0.3, 0.4) is 0 Å². The van der Waals surface area contributed by atoms with Gasteiger partial charge in [-0.1, -0.05) is 36.4 Å². The molecule has 0 unspecified atom stereocenters. The molecule has 1 N–H and O–H groups in total. The first kappa shape index (κ1) is 23.9. The monoisotopic (exact) mass is 478 g/mol. The van der Waals surface area contributed by atoms with Gasteiger partial charge in [-0.25, -0.2) is 13.1 Å². The van der Waals surface area contributed by atoms with Crippen molar-refractivity contribution in [1.82, 2.24) is 14.1 Å². The van der Waals surface area contributed by atoms with Gasteiger partial charge in [-0.2, -0.15) is 9.40 Å². The summed E-state index contributed by atoms with van der Waals surface area (Å²) in [4.78, 5) is 13.0. The zero-order valence-corrected chi connectivity index (χ0v) is 20.5. The van der Waals surface area contributed by atoms with Crippen molar-refractivity contribution in [2.24, 2.45) is 5.92 Å². The molecule has 1 amide bonds. The van der Waals surface area contributed by atoms with E-state index in [4.69, 9.17) is 0 Å². The minimum absolute atomic E-state index is 0.109. The molecule has 178 valence electrons. The van der Waals surface area contributed by atoms with E-state index in [0.717, 1.165) is 28.1 Å². The fraction of sp³-hybridized carbons (Fsp3) is 0.308. The maximum absolute atomic E-state index is 13.0. The van der Waals surface area contributed by atoms with Crippen molar-refractivity contribution in [2.45, 2.75) is 33.6 Å². The van der Waals surface area contributed by atoms with Crippen LogP contribution in [0.25, 0.3) is 11.8 Å². The lowest BCUT2D eigenvalue weighted by Crippen LogP contribution is -2.40.